The average molecular weight is 620 g/mol. The summed E-state index contributed by atoms with van der Waals surface area (Å²) in [6, 6.07) is 40.6. The van der Waals surface area contributed by atoms with Gasteiger partial charge in [-0.25, -0.2) is 0 Å². The molecular weight excluding hydrogens is 579 g/mol. The zero-order chi connectivity index (χ0) is 32.5. The van der Waals surface area contributed by atoms with Crippen LogP contribution in [0.4, 0.5) is 0 Å². The molecule has 0 spiro atoms. The Morgan fingerprint density at radius 2 is 1.27 bits per heavy atom. The van der Waals surface area contributed by atoms with Crippen molar-refractivity contribution < 1.29 is 0 Å². The van der Waals surface area contributed by atoms with Gasteiger partial charge < -0.3 is 0 Å². The lowest BCUT2D eigenvalue weighted by molar-refractivity contribution is 0.596. The largest absolute Gasteiger partial charge is 0.265 e. The molecule has 0 saturated heterocycles. The van der Waals surface area contributed by atoms with Crippen molar-refractivity contribution in [1.29, 1.82) is 0 Å². The van der Waals surface area contributed by atoms with Gasteiger partial charge in [0.05, 0.1) is 0 Å². The molecule has 0 saturated carbocycles. The van der Waals surface area contributed by atoms with Gasteiger partial charge in [0.2, 0.25) is 0 Å². The Bertz CT molecular complexity index is 2190. The molecule has 0 amide bonds. The molecule has 2 unspecified atom stereocenters. The molecule has 48 heavy (non-hydrogen) atoms. The zero-order valence-electron chi connectivity index (χ0n) is 27.9. The van der Waals surface area contributed by atoms with E-state index in [1.54, 1.807) is 0 Å². The molecule has 0 aliphatic heterocycles. The number of rotatable bonds is 8. The number of benzene rings is 5. The van der Waals surface area contributed by atoms with Gasteiger partial charge in [0.1, 0.15) is 0 Å². The molecule has 1 heteroatoms. The molecule has 0 N–H and O–H groups in total. The highest BCUT2D eigenvalue weighted by Crippen LogP contribution is 2.49. The number of aromatic nitrogens is 1. The van der Waals surface area contributed by atoms with Crippen molar-refractivity contribution in [3.05, 3.63) is 174 Å². The molecule has 2 aliphatic carbocycles. The first-order chi connectivity index (χ1) is 23.8. The van der Waals surface area contributed by atoms with Crippen molar-refractivity contribution in [2.75, 3.05) is 0 Å². The van der Waals surface area contributed by atoms with Gasteiger partial charge in [0, 0.05) is 18.3 Å². The van der Waals surface area contributed by atoms with Crippen molar-refractivity contribution in [2.45, 2.75) is 45.4 Å². The van der Waals surface area contributed by atoms with Crippen LogP contribution in [0.5, 0.6) is 0 Å². The van der Waals surface area contributed by atoms with E-state index < -0.39 is 0 Å². The second-order valence-electron chi connectivity index (χ2n) is 13.2. The summed E-state index contributed by atoms with van der Waals surface area (Å²) < 4.78 is 0. The second kappa shape index (κ2) is 13.1. The zero-order valence-corrected chi connectivity index (χ0v) is 27.9. The van der Waals surface area contributed by atoms with E-state index in [2.05, 4.69) is 158 Å². The molecular formula is C47H41N. The van der Waals surface area contributed by atoms with E-state index >= 15 is 0 Å². The van der Waals surface area contributed by atoms with E-state index in [4.69, 9.17) is 0 Å². The quantitative estimate of drug-likeness (QED) is 0.154. The Kier molecular flexibility index (Phi) is 8.20. The van der Waals surface area contributed by atoms with Gasteiger partial charge in [0.15, 0.2) is 0 Å². The number of nitrogens with zero attached hydrogens (tertiary/aromatic N) is 1. The van der Waals surface area contributed by atoms with E-state index in [-0.39, 0.29) is 5.92 Å². The molecule has 1 aromatic heterocycles. The number of hydrogen-bond donors (Lipinski definition) is 0. The molecule has 2 aliphatic rings. The molecule has 1 nitrogen and oxygen atoms in total. The standard InChI is InChI=1S/C47H41N/c1-3-13-32(4-2)33-24-26-35(27-25-33)46-42-16-7-9-18-44(42)47(45-19-10-8-17-43(45)46)41-23-12-21-39-38(20-11-22-40(39)41)37-15-6-5-14-36(37)34-28-30-48-31-29-34/h5-12,14-20,22-32,39H,3-4,13,21H2,1-2H3. The van der Waals surface area contributed by atoms with Gasteiger partial charge in [-0.05, 0) is 115 Å². The van der Waals surface area contributed by atoms with Crippen LogP contribution in [0.15, 0.2) is 158 Å². The highest BCUT2D eigenvalue weighted by Gasteiger charge is 2.28. The predicted octanol–water partition coefficient (Wildman–Crippen LogP) is 13.0. The van der Waals surface area contributed by atoms with Crippen LogP contribution in [0, 0.1) is 5.92 Å². The van der Waals surface area contributed by atoms with E-state index in [9.17, 15) is 0 Å². The normalized spacial score (nSPS) is 16.3. The van der Waals surface area contributed by atoms with Gasteiger partial charge in [-0.3, -0.25) is 4.98 Å². The lowest BCUT2D eigenvalue weighted by Crippen LogP contribution is -2.13. The number of hydrogen-bond acceptors (Lipinski definition) is 1. The summed E-state index contributed by atoms with van der Waals surface area (Å²) in [6.45, 7) is 4.60. The fourth-order valence-electron chi connectivity index (χ4n) is 8.23. The molecule has 5 aromatic carbocycles. The van der Waals surface area contributed by atoms with Crippen LogP contribution in [-0.4, -0.2) is 4.98 Å². The third-order valence-electron chi connectivity index (χ3n) is 10.5. The lowest BCUT2D eigenvalue weighted by atomic mass is 9.73. The molecule has 6 aromatic rings. The third kappa shape index (κ3) is 5.24. The summed E-state index contributed by atoms with van der Waals surface area (Å²) in [6.07, 6.45) is 20.1. The fraction of sp³-hybridized carbons (Fsp3) is 0.170. The topological polar surface area (TPSA) is 12.9 Å². The van der Waals surface area contributed by atoms with E-state index in [0.29, 0.717) is 5.92 Å². The first-order valence-electron chi connectivity index (χ1n) is 17.6. The number of fused-ring (bicyclic) bond motifs is 3. The smallest absolute Gasteiger partial charge is 0.0273 e. The summed E-state index contributed by atoms with van der Waals surface area (Å²) in [4.78, 5) is 4.28. The van der Waals surface area contributed by atoms with E-state index in [1.807, 2.05) is 12.4 Å². The Hall–Kier alpha value is -5.27. The van der Waals surface area contributed by atoms with Crippen LogP contribution < -0.4 is 0 Å². The highest BCUT2D eigenvalue weighted by atomic mass is 14.6. The predicted molar refractivity (Wildman–Crippen MR) is 206 cm³/mol. The van der Waals surface area contributed by atoms with Crippen molar-refractivity contribution in [3.63, 3.8) is 0 Å². The third-order valence-corrected chi connectivity index (χ3v) is 10.5. The van der Waals surface area contributed by atoms with Crippen molar-refractivity contribution in [3.8, 4) is 22.3 Å². The van der Waals surface area contributed by atoms with Gasteiger partial charge in [0.25, 0.3) is 0 Å². The summed E-state index contributed by atoms with van der Waals surface area (Å²) >= 11 is 0. The fourth-order valence-corrected chi connectivity index (χ4v) is 8.23. The lowest BCUT2D eigenvalue weighted by Gasteiger charge is -2.31. The number of pyridine rings is 1. The Morgan fingerprint density at radius 1 is 0.646 bits per heavy atom. The first-order valence-corrected chi connectivity index (χ1v) is 17.6. The molecule has 2 atom stereocenters. The Balaban J connectivity index is 1.30. The van der Waals surface area contributed by atoms with Crippen LogP contribution in [0.3, 0.4) is 0 Å². The first kappa shape index (κ1) is 30.1. The summed E-state index contributed by atoms with van der Waals surface area (Å²) in [5.74, 6) is 0.899. The van der Waals surface area contributed by atoms with Gasteiger partial charge in [-0.2, -0.15) is 0 Å². The maximum atomic E-state index is 4.28. The summed E-state index contributed by atoms with van der Waals surface area (Å²) in [5.41, 5.74) is 13.2. The van der Waals surface area contributed by atoms with Crippen molar-refractivity contribution in [1.82, 2.24) is 4.98 Å². The molecule has 0 fully saturated rings. The van der Waals surface area contributed by atoms with Crippen LogP contribution in [-0.2, 0) is 0 Å². The second-order valence-corrected chi connectivity index (χ2v) is 13.2. The minimum atomic E-state index is 0.275. The monoisotopic (exact) mass is 619 g/mol. The summed E-state index contributed by atoms with van der Waals surface area (Å²) in [5, 5.41) is 5.23. The maximum Gasteiger partial charge on any atom is 0.0273 e. The van der Waals surface area contributed by atoms with E-state index in [1.165, 1.54) is 96.5 Å². The minimum absolute atomic E-state index is 0.275. The van der Waals surface area contributed by atoms with Crippen LogP contribution in [0.25, 0.3) is 54.9 Å². The Morgan fingerprint density at radius 3 is 1.92 bits per heavy atom. The molecule has 0 radical (unpaired) electrons. The van der Waals surface area contributed by atoms with Crippen LogP contribution in [0.2, 0.25) is 0 Å². The van der Waals surface area contributed by atoms with E-state index in [0.717, 1.165) is 6.42 Å². The van der Waals surface area contributed by atoms with Crippen molar-refractivity contribution in [2.24, 2.45) is 5.92 Å². The molecule has 8 rings (SSSR count). The summed E-state index contributed by atoms with van der Waals surface area (Å²) in [7, 11) is 0. The Labute approximate surface area is 284 Å². The van der Waals surface area contributed by atoms with Crippen LogP contribution >= 0.6 is 0 Å². The average Bonchev–Trinajstić information content (AvgIpc) is 3.16. The number of allylic oxidation sites excluding steroid dienone is 8. The SMILES string of the molecule is CCCC(CC)c1ccc(-c2c3ccccc3c(C3=C4C=CC=C(c5ccccc5-c5ccncc5)C4CC=C3)c3ccccc23)cc1. The van der Waals surface area contributed by atoms with Crippen LogP contribution in [0.1, 0.15) is 62.1 Å². The van der Waals surface area contributed by atoms with Gasteiger partial charge in [-0.1, -0.05) is 148 Å². The minimum Gasteiger partial charge on any atom is -0.265 e. The highest BCUT2D eigenvalue weighted by molar-refractivity contribution is 6.20. The van der Waals surface area contributed by atoms with Crippen molar-refractivity contribution >= 4 is 32.7 Å². The molecule has 1 heterocycles. The van der Waals surface area contributed by atoms with Gasteiger partial charge in [-0.15, -0.1) is 0 Å². The molecule has 234 valence electrons. The molecule has 0 bridgehead atoms. The van der Waals surface area contributed by atoms with Gasteiger partial charge >= 0.3 is 0 Å². The maximum absolute atomic E-state index is 4.28.